The van der Waals surface area contributed by atoms with Gasteiger partial charge in [0.2, 0.25) is 0 Å². The van der Waals surface area contributed by atoms with Gasteiger partial charge in [-0.25, -0.2) is 4.68 Å². The van der Waals surface area contributed by atoms with Crippen molar-refractivity contribution in [3.05, 3.63) is 65.2 Å². The van der Waals surface area contributed by atoms with Crippen molar-refractivity contribution in [2.24, 2.45) is 0 Å². The molecule has 1 aliphatic rings. The van der Waals surface area contributed by atoms with Crippen LogP contribution in [0.3, 0.4) is 0 Å². The lowest BCUT2D eigenvalue weighted by molar-refractivity contribution is -0.137. The number of nitrogens with one attached hydrogen (secondary N) is 1. The molecule has 4 rings (SSSR count). The molecule has 2 heterocycles. The van der Waals surface area contributed by atoms with Gasteiger partial charge in [0.15, 0.2) is 0 Å². The molecule has 1 N–H and O–H groups in total. The van der Waals surface area contributed by atoms with E-state index in [1.54, 1.807) is 35.0 Å². The smallest absolute Gasteiger partial charge is 0.369 e. The third-order valence-corrected chi connectivity index (χ3v) is 4.37. The van der Waals surface area contributed by atoms with Crippen molar-refractivity contribution in [1.82, 2.24) is 9.78 Å². The molecule has 3 aromatic rings. The van der Waals surface area contributed by atoms with Crippen LogP contribution in [0.5, 0.6) is 0 Å². The molecule has 0 aliphatic carbocycles. The van der Waals surface area contributed by atoms with Crippen LogP contribution in [0.1, 0.15) is 16.7 Å². The fraction of sp³-hybridized carbons (Fsp3) is 0.158. The molecule has 0 amide bonds. The summed E-state index contributed by atoms with van der Waals surface area (Å²) >= 11 is 0. The van der Waals surface area contributed by atoms with Gasteiger partial charge >= 0.3 is 6.18 Å². The van der Waals surface area contributed by atoms with E-state index in [2.05, 4.69) is 16.5 Å². The molecule has 0 atom stereocenters. The Morgan fingerprint density at radius 1 is 1.12 bits per heavy atom. The van der Waals surface area contributed by atoms with Crippen LogP contribution in [0.15, 0.2) is 48.5 Å². The molecule has 0 saturated carbocycles. The summed E-state index contributed by atoms with van der Waals surface area (Å²) in [6, 6.07) is 14.3. The van der Waals surface area contributed by atoms with Crippen LogP contribution < -0.4 is 5.32 Å². The quantitative estimate of drug-likeness (QED) is 0.742. The van der Waals surface area contributed by atoms with E-state index in [1.165, 1.54) is 6.07 Å². The monoisotopic (exact) mass is 354 g/mol. The Hall–Kier alpha value is -3.27. The van der Waals surface area contributed by atoms with Crippen molar-refractivity contribution in [1.29, 1.82) is 5.26 Å². The minimum absolute atomic E-state index is 0.410. The highest BCUT2D eigenvalue weighted by molar-refractivity contribution is 5.73. The molecular formula is C19H13F3N4. The topological polar surface area (TPSA) is 53.6 Å². The summed E-state index contributed by atoms with van der Waals surface area (Å²) in [5.74, 6) is 0.722. The molecule has 0 bridgehead atoms. The van der Waals surface area contributed by atoms with Crippen molar-refractivity contribution in [3.8, 4) is 23.0 Å². The first-order valence-electron chi connectivity index (χ1n) is 8.02. The number of nitrogens with zero attached hydrogens (tertiary/aromatic N) is 3. The number of rotatable bonds is 2. The van der Waals surface area contributed by atoms with Crippen LogP contribution in [-0.4, -0.2) is 16.3 Å². The number of para-hydroxylation sites is 1. The van der Waals surface area contributed by atoms with E-state index in [1.807, 2.05) is 0 Å². The second kappa shape index (κ2) is 5.92. The number of alkyl halides is 3. The van der Waals surface area contributed by atoms with Gasteiger partial charge in [-0.1, -0.05) is 24.3 Å². The summed E-state index contributed by atoms with van der Waals surface area (Å²) < 4.78 is 40.8. The van der Waals surface area contributed by atoms with Crippen molar-refractivity contribution in [3.63, 3.8) is 0 Å². The molecule has 1 aromatic heterocycles. The Bertz CT molecular complexity index is 1030. The number of benzene rings is 2. The predicted molar refractivity (Wildman–Crippen MR) is 90.9 cm³/mol. The van der Waals surface area contributed by atoms with Gasteiger partial charge in [-0.05, 0) is 30.7 Å². The van der Waals surface area contributed by atoms with Gasteiger partial charge in [0, 0.05) is 17.7 Å². The number of fused-ring (bicyclic) bond motifs is 1. The standard InChI is InChI=1S/C19H13F3N4/c20-19(21,22)14-6-3-5-12(10-14)17-15-8-9-24-18(15)26(25-17)16-7-2-1-4-13(16)11-23/h1-7,10,24H,8-9H2. The zero-order chi connectivity index (χ0) is 18.3. The largest absolute Gasteiger partial charge is 0.416 e. The van der Waals surface area contributed by atoms with Crippen LogP contribution >= 0.6 is 0 Å². The number of halogens is 3. The van der Waals surface area contributed by atoms with Crippen molar-refractivity contribution in [2.75, 3.05) is 11.9 Å². The lowest BCUT2D eigenvalue weighted by atomic mass is 10.0. The lowest BCUT2D eigenvalue weighted by Crippen LogP contribution is -2.06. The van der Waals surface area contributed by atoms with Gasteiger partial charge < -0.3 is 5.32 Å². The first kappa shape index (κ1) is 16.2. The molecule has 7 heteroatoms. The molecule has 0 radical (unpaired) electrons. The zero-order valence-corrected chi connectivity index (χ0v) is 13.5. The van der Waals surface area contributed by atoms with Crippen LogP contribution in [0.4, 0.5) is 19.0 Å². The summed E-state index contributed by atoms with van der Waals surface area (Å²) in [5, 5.41) is 17.1. The molecule has 2 aromatic carbocycles. The summed E-state index contributed by atoms with van der Waals surface area (Å²) in [6.07, 6.45) is -3.75. The number of nitriles is 1. The van der Waals surface area contributed by atoms with E-state index in [0.29, 0.717) is 35.5 Å². The molecule has 26 heavy (non-hydrogen) atoms. The first-order valence-corrected chi connectivity index (χ1v) is 8.02. The molecule has 4 nitrogen and oxygen atoms in total. The first-order chi connectivity index (χ1) is 12.5. The second-order valence-electron chi connectivity index (χ2n) is 5.97. The maximum atomic E-state index is 13.1. The molecule has 0 unspecified atom stereocenters. The van der Waals surface area contributed by atoms with Gasteiger partial charge in [-0.3, -0.25) is 0 Å². The summed E-state index contributed by atoms with van der Waals surface area (Å²) in [6.45, 7) is 0.674. The van der Waals surface area contributed by atoms with Crippen molar-refractivity contribution < 1.29 is 13.2 Å². The van der Waals surface area contributed by atoms with Crippen LogP contribution in [0, 0.1) is 11.3 Å². The molecule has 0 fully saturated rings. The average molecular weight is 354 g/mol. The maximum absolute atomic E-state index is 13.1. The van der Waals surface area contributed by atoms with E-state index in [0.717, 1.165) is 23.5 Å². The van der Waals surface area contributed by atoms with Crippen molar-refractivity contribution >= 4 is 5.82 Å². The highest BCUT2D eigenvalue weighted by Crippen LogP contribution is 2.37. The minimum Gasteiger partial charge on any atom is -0.369 e. The van der Waals surface area contributed by atoms with E-state index in [-0.39, 0.29) is 0 Å². The van der Waals surface area contributed by atoms with Crippen LogP contribution in [0.25, 0.3) is 16.9 Å². The maximum Gasteiger partial charge on any atom is 0.416 e. The Kier molecular flexibility index (Phi) is 3.69. The highest BCUT2D eigenvalue weighted by Gasteiger charge is 2.31. The highest BCUT2D eigenvalue weighted by atomic mass is 19.4. The molecule has 130 valence electrons. The molecule has 0 saturated heterocycles. The lowest BCUT2D eigenvalue weighted by Gasteiger charge is -2.09. The van der Waals surface area contributed by atoms with E-state index >= 15 is 0 Å². The SMILES string of the molecule is N#Cc1ccccc1-n1nc(-c2cccc(C(F)(F)F)c2)c2c1NCC2. The number of anilines is 1. The zero-order valence-electron chi connectivity index (χ0n) is 13.5. The fourth-order valence-corrected chi connectivity index (χ4v) is 3.18. The molecule has 0 spiro atoms. The third kappa shape index (κ3) is 2.60. The average Bonchev–Trinajstić information content (AvgIpc) is 3.23. The molecule has 1 aliphatic heterocycles. The Morgan fingerprint density at radius 3 is 2.69 bits per heavy atom. The summed E-state index contributed by atoms with van der Waals surface area (Å²) in [4.78, 5) is 0. The summed E-state index contributed by atoms with van der Waals surface area (Å²) in [5.41, 5.74) is 2.11. The molecular weight excluding hydrogens is 341 g/mol. The van der Waals surface area contributed by atoms with Gasteiger partial charge in [0.1, 0.15) is 11.9 Å². The summed E-state index contributed by atoms with van der Waals surface area (Å²) in [7, 11) is 0. The number of hydrogen-bond acceptors (Lipinski definition) is 3. The van der Waals surface area contributed by atoms with E-state index in [4.69, 9.17) is 0 Å². The van der Waals surface area contributed by atoms with Gasteiger partial charge in [0.25, 0.3) is 0 Å². The Labute approximate surface area is 147 Å². The van der Waals surface area contributed by atoms with Gasteiger partial charge in [-0.2, -0.15) is 23.5 Å². The fourth-order valence-electron chi connectivity index (χ4n) is 3.18. The minimum atomic E-state index is -4.41. The van der Waals surface area contributed by atoms with Crippen molar-refractivity contribution in [2.45, 2.75) is 12.6 Å². The van der Waals surface area contributed by atoms with E-state index < -0.39 is 11.7 Å². The Morgan fingerprint density at radius 2 is 1.92 bits per heavy atom. The number of hydrogen-bond donors (Lipinski definition) is 1. The predicted octanol–water partition coefficient (Wildman–Crippen LogP) is 4.40. The number of aromatic nitrogens is 2. The van der Waals surface area contributed by atoms with Gasteiger partial charge in [0.05, 0.1) is 22.5 Å². The van der Waals surface area contributed by atoms with Crippen LogP contribution in [-0.2, 0) is 12.6 Å². The third-order valence-electron chi connectivity index (χ3n) is 4.37. The Balaban J connectivity index is 1.90. The van der Waals surface area contributed by atoms with E-state index in [9.17, 15) is 18.4 Å². The van der Waals surface area contributed by atoms with Gasteiger partial charge in [-0.15, -0.1) is 0 Å². The van der Waals surface area contributed by atoms with Crippen LogP contribution in [0.2, 0.25) is 0 Å². The normalized spacial score (nSPS) is 13.2. The second-order valence-corrected chi connectivity index (χ2v) is 5.97.